The fraction of sp³-hybridized carbons (Fsp3) is 0.412. The van der Waals surface area contributed by atoms with Crippen molar-refractivity contribution in [2.45, 2.75) is 39.2 Å². The van der Waals surface area contributed by atoms with Gasteiger partial charge in [0, 0.05) is 16.3 Å². The van der Waals surface area contributed by atoms with E-state index in [1.165, 1.54) is 21.7 Å². The highest BCUT2D eigenvalue weighted by atomic mass is 32.1. The fourth-order valence-corrected chi connectivity index (χ4v) is 3.11. The first-order valence-corrected chi connectivity index (χ1v) is 7.94. The molecule has 0 aliphatic rings. The van der Waals surface area contributed by atoms with Gasteiger partial charge in [0.15, 0.2) is 0 Å². The van der Waals surface area contributed by atoms with Gasteiger partial charge in [0.2, 0.25) is 0 Å². The van der Waals surface area contributed by atoms with Crippen molar-refractivity contribution >= 4 is 11.3 Å². The lowest BCUT2D eigenvalue weighted by Crippen LogP contribution is -2.15. The van der Waals surface area contributed by atoms with E-state index in [9.17, 15) is 0 Å². The number of aryl methyl sites for hydroxylation is 1. The summed E-state index contributed by atoms with van der Waals surface area (Å²) in [6, 6.07) is 15.3. The van der Waals surface area contributed by atoms with Crippen molar-refractivity contribution in [3.8, 4) is 0 Å². The van der Waals surface area contributed by atoms with Crippen molar-refractivity contribution in [3.05, 3.63) is 57.8 Å². The molecule has 1 nitrogen and oxygen atoms in total. The molecule has 0 saturated heterocycles. The van der Waals surface area contributed by atoms with E-state index < -0.39 is 0 Å². The molecule has 0 amide bonds. The van der Waals surface area contributed by atoms with E-state index in [-0.39, 0.29) is 0 Å². The molecule has 1 atom stereocenters. The molecule has 1 aromatic heterocycles. The van der Waals surface area contributed by atoms with Crippen molar-refractivity contribution in [1.82, 2.24) is 5.32 Å². The Morgan fingerprint density at radius 1 is 1.05 bits per heavy atom. The van der Waals surface area contributed by atoms with E-state index in [2.05, 4.69) is 61.6 Å². The SMILES string of the molecule is CCc1ccc(CNCCC(C)c2ccccc2)s1. The van der Waals surface area contributed by atoms with Crippen LogP contribution in [0.3, 0.4) is 0 Å². The summed E-state index contributed by atoms with van der Waals surface area (Å²) in [6.45, 7) is 6.60. The summed E-state index contributed by atoms with van der Waals surface area (Å²) in [4.78, 5) is 2.93. The second-order valence-corrected chi connectivity index (χ2v) is 6.25. The van der Waals surface area contributed by atoms with Gasteiger partial charge in [0.25, 0.3) is 0 Å². The number of hydrogen-bond acceptors (Lipinski definition) is 2. The predicted octanol–water partition coefficient (Wildman–Crippen LogP) is 4.59. The van der Waals surface area contributed by atoms with Crippen LogP contribution in [0.1, 0.15) is 41.5 Å². The minimum absolute atomic E-state index is 0.628. The molecule has 2 heteroatoms. The number of nitrogens with one attached hydrogen (secondary N) is 1. The van der Waals surface area contributed by atoms with Gasteiger partial charge in [-0.2, -0.15) is 0 Å². The maximum atomic E-state index is 3.55. The molecule has 0 aliphatic heterocycles. The van der Waals surface area contributed by atoms with Crippen molar-refractivity contribution in [1.29, 1.82) is 0 Å². The standard InChI is InChI=1S/C17H23NS/c1-3-16-9-10-17(19-16)13-18-12-11-14(2)15-7-5-4-6-8-15/h4-10,14,18H,3,11-13H2,1-2H3. The Morgan fingerprint density at radius 3 is 2.47 bits per heavy atom. The molecule has 19 heavy (non-hydrogen) atoms. The van der Waals surface area contributed by atoms with Crippen molar-refractivity contribution in [2.24, 2.45) is 0 Å². The van der Waals surface area contributed by atoms with Crippen molar-refractivity contribution < 1.29 is 0 Å². The molecule has 1 heterocycles. The third kappa shape index (κ3) is 4.48. The number of hydrogen-bond donors (Lipinski definition) is 1. The lowest BCUT2D eigenvalue weighted by molar-refractivity contribution is 0.597. The highest BCUT2D eigenvalue weighted by molar-refractivity contribution is 7.11. The van der Waals surface area contributed by atoms with Crippen LogP contribution in [0.4, 0.5) is 0 Å². The highest BCUT2D eigenvalue weighted by Crippen LogP contribution is 2.18. The molecule has 1 aromatic carbocycles. The Morgan fingerprint density at radius 2 is 1.79 bits per heavy atom. The monoisotopic (exact) mass is 273 g/mol. The number of benzene rings is 1. The first kappa shape index (κ1) is 14.3. The van der Waals surface area contributed by atoms with Gasteiger partial charge in [0.1, 0.15) is 0 Å². The van der Waals surface area contributed by atoms with E-state index in [1.807, 2.05) is 11.3 Å². The Hall–Kier alpha value is -1.12. The lowest BCUT2D eigenvalue weighted by Gasteiger charge is -2.12. The van der Waals surface area contributed by atoms with Crippen LogP contribution >= 0.6 is 11.3 Å². The smallest absolute Gasteiger partial charge is 0.0299 e. The molecule has 0 saturated carbocycles. The molecule has 2 rings (SSSR count). The zero-order chi connectivity index (χ0) is 13.5. The Kier molecular flexibility index (Phi) is 5.62. The topological polar surface area (TPSA) is 12.0 Å². The second-order valence-electron chi connectivity index (χ2n) is 5.00. The molecule has 0 bridgehead atoms. The summed E-state index contributed by atoms with van der Waals surface area (Å²) in [5.74, 6) is 0.628. The molecule has 0 fully saturated rings. The van der Waals surface area contributed by atoms with Gasteiger partial charge in [-0.1, -0.05) is 44.2 Å². The first-order chi connectivity index (χ1) is 9.29. The first-order valence-electron chi connectivity index (χ1n) is 7.13. The van der Waals surface area contributed by atoms with Gasteiger partial charge in [-0.3, -0.25) is 0 Å². The van der Waals surface area contributed by atoms with Gasteiger partial charge in [-0.05, 0) is 43.0 Å². The molecule has 0 spiro atoms. The van der Waals surface area contributed by atoms with Gasteiger partial charge < -0.3 is 5.32 Å². The van der Waals surface area contributed by atoms with Crippen molar-refractivity contribution in [3.63, 3.8) is 0 Å². The zero-order valence-corrected chi connectivity index (χ0v) is 12.7. The number of thiophene rings is 1. The van der Waals surface area contributed by atoms with Gasteiger partial charge in [-0.15, -0.1) is 11.3 Å². The molecule has 0 aliphatic carbocycles. The van der Waals surface area contributed by atoms with E-state index in [1.54, 1.807) is 0 Å². The van der Waals surface area contributed by atoms with Crippen LogP contribution < -0.4 is 5.32 Å². The highest BCUT2D eigenvalue weighted by Gasteiger charge is 2.04. The summed E-state index contributed by atoms with van der Waals surface area (Å²) < 4.78 is 0. The van der Waals surface area contributed by atoms with E-state index >= 15 is 0 Å². The average molecular weight is 273 g/mol. The molecular formula is C17H23NS. The summed E-state index contributed by atoms with van der Waals surface area (Å²) in [5, 5.41) is 3.55. The van der Waals surface area contributed by atoms with E-state index in [4.69, 9.17) is 0 Å². The largest absolute Gasteiger partial charge is 0.312 e. The molecule has 1 N–H and O–H groups in total. The number of rotatable bonds is 7. The summed E-state index contributed by atoms with van der Waals surface area (Å²) in [6.07, 6.45) is 2.34. The summed E-state index contributed by atoms with van der Waals surface area (Å²) in [5.41, 5.74) is 1.44. The Labute approximate surface area is 120 Å². The van der Waals surface area contributed by atoms with Crippen LogP contribution in [-0.4, -0.2) is 6.54 Å². The third-order valence-electron chi connectivity index (χ3n) is 3.49. The van der Waals surface area contributed by atoms with Crippen LogP contribution in [0, 0.1) is 0 Å². The molecule has 102 valence electrons. The molecule has 1 unspecified atom stereocenters. The third-order valence-corrected chi connectivity index (χ3v) is 4.72. The van der Waals surface area contributed by atoms with Crippen LogP contribution in [-0.2, 0) is 13.0 Å². The van der Waals surface area contributed by atoms with E-state index in [0.29, 0.717) is 5.92 Å². The summed E-state index contributed by atoms with van der Waals surface area (Å²) in [7, 11) is 0. The summed E-state index contributed by atoms with van der Waals surface area (Å²) >= 11 is 1.93. The minimum atomic E-state index is 0.628. The van der Waals surface area contributed by atoms with Gasteiger partial charge >= 0.3 is 0 Å². The molecule has 0 radical (unpaired) electrons. The normalized spacial score (nSPS) is 12.5. The minimum Gasteiger partial charge on any atom is -0.312 e. The Bertz CT molecular complexity index is 475. The van der Waals surface area contributed by atoms with Crippen LogP contribution in [0.15, 0.2) is 42.5 Å². The lowest BCUT2D eigenvalue weighted by atomic mass is 9.98. The molecular weight excluding hydrogens is 250 g/mol. The quantitative estimate of drug-likeness (QED) is 0.727. The van der Waals surface area contributed by atoms with Crippen LogP contribution in [0.2, 0.25) is 0 Å². The predicted molar refractivity (Wildman–Crippen MR) is 84.9 cm³/mol. The average Bonchev–Trinajstić information content (AvgIpc) is 2.92. The van der Waals surface area contributed by atoms with Gasteiger partial charge in [-0.25, -0.2) is 0 Å². The van der Waals surface area contributed by atoms with Crippen molar-refractivity contribution in [2.75, 3.05) is 6.54 Å². The van der Waals surface area contributed by atoms with Gasteiger partial charge in [0.05, 0.1) is 0 Å². The maximum absolute atomic E-state index is 3.55. The second kappa shape index (κ2) is 7.46. The van der Waals surface area contributed by atoms with E-state index in [0.717, 1.165) is 19.5 Å². The Balaban J connectivity index is 1.69. The fourth-order valence-electron chi connectivity index (χ4n) is 2.19. The van der Waals surface area contributed by atoms with Crippen LogP contribution in [0.25, 0.3) is 0 Å². The zero-order valence-electron chi connectivity index (χ0n) is 11.9. The van der Waals surface area contributed by atoms with Crippen LogP contribution in [0.5, 0.6) is 0 Å². The maximum Gasteiger partial charge on any atom is 0.0299 e. The molecule has 2 aromatic rings.